The van der Waals surface area contributed by atoms with E-state index >= 15 is 0 Å². The number of carbonyl (C=O) groups is 1. The quantitative estimate of drug-likeness (QED) is 0.838. The summed E-state index contributed by atoms with van der Waals surface area (Å²) in [6.45, 7) is 2.35. The maximum absolute atomic E-state index is 12.8. The maximum atomic E-state index is 12.8. The monoisotopic (exact) mass is 408 g/mol. The van der Waals surface area contributed by atoms with Gasteiger partial charge in [0.25, 0.3) is 10.0 Å². The number of hydrogen-bond acceptors (Lipinski definition) is 3. The van der Waals surface area contributed by atoms with Crippen LogP contribution in [-0.4, -0.2) is 20.9 Å². The van der Waals surface area contributed by atoms with Gasteiger partial charge in [-0.05, 0) is 43.2 Å². The second kappa shape index (κ2) is 6.57. The number of amides is 1. The lowest BCUT2D eigenvalue weighted by molar-refractivity contribution is -0.117. The van der Waals surface area contributed by atoms with E-state index in [4.69, 9.17) is 0 Å². The van der Waals surface area contributed by atoms with Gasteiger partial charge in [-0.25, -0.2) is 8.42 Å². The summed E-state index contributed by atoms with van der Waals surface area (Å²) in [7, 11) is -3.75. The van der Waals surface area contributed by atoms with Gasteiger partial charge in [-0.15, -0.1) is 0 Å². The van der Waals surface area contributed by atoms with Crippen LogP contribution in [0.25, 0.3) is 0 Å². The number of carbonyl (C=O) groups excluding carboxylic acids is 1. The Labute approximate surface area is 149 Å². The van der Waals surface area contributed by atoms with Crippen molar-refractivity contribution >= 4 is 43.2 Å². The van der Waals surface area contributed by atoms with E-state index in [1.165, 1.54) is 0 Å². The Morgan fingerprint density at radius 3 is 2.62 bits per heavy atom. The molecule has 0 atom stereocenters. The average molecular weight is 409 g/mol. The molecule has 2 aromatic carbocycles. The molecule has 1 amide bonds. The lowest BCUT2D eigenvalue weighted by Gasteiger charge is -2.20. The summed E-state index contributed by atoms with van der Waals surface area (Å²) in [5.74, 6) is 0.0142. The molecule has 126 valence electrons. The first-order valence-electron chi connectivity index (χ1n) is 7.57. The Morgan fingerprint density at radius 2 is 1.92 bits per heavy atom. The molecule has 1 aliphatic heterocycles. The molecule has 24 heavy (non-hydrogen) atoms. The van der Waals surface area contributed by atoms with Crippen molar-refractivity contribution in [3.05, 3.63) is 52.5 Å². The summed E-state index contributed by atoms with van der Waals surface area (Å²) < 4.78 is 28.9. The zero-order valence-corrected chi connectivity index (χ0v) is 15.5. The topological polar surface area (TPSA) is 66.5 Å². The predicted molar refractivity (Wildman–Crippen MR) is 97.7 cm³/mol. The minimum atomic E-state index is -3.75. The van der Waals surface area contributed by atoms with Crippen molar-refractivity contribution in [2.75, 3.05) is 16.2 Å². The van der Waals surface area contributed by atoms with Gasteiger partial charge >= 0.3 is 0 Å². The van der Waals surface area contributed by atoms with Crippen molar-refractivity contribution < 1.29 is 13.2 Å². The molecular weight excluding hydrogens is 392 g/mol. The molecule has 0 unspecified atom stereocenters. The third-order valence-electron chi connectivity index (χ3n) is 3.95. The fourth-order valence-corrected chi connectivity index (χ4v) is 4.62. The standard InChI is InChI=1S/C17H17BrN2O3S/c1-12-8-9-13(18)11-16(12)24(22,23)19-14-5-2-3-6-15(14)20-10-4-7-17(20)21/h2-3,5-6,8-9,11,19H,4,7,10H2,1H3. The number of para-hydroxylation sites is 2. The van der Waals surface area contributed by atoms with Crippen molar-refractivity contribution in [2.24, 2.45) is 0 Å². The zero-order valence-electron chi connectivity index (χ0n) is 13.1. The highest BCUT2D eigenvalue weighted by Crippen LogP contribution is 2.31. The Morgan fingerprint density at radius 1 is 1.17 bits per heavy atom. The minimum absolute atomic E-state index is 0.0142. The van der Waals surface area contributed by atoms with Gasteiger partial charge in [0.2, 0.25) is 5.91 Å². The lowest BCUT2D eigenvalue weighted by atomic mass is 10.2. The van der Waals surface area contributed by atoms with Crippen LogP contribution in [0.2, 0.25) is 0 Å². The number of sulfonamides is 1. The van der Waals surface area contributed by atoms with Gasteiger partial charge in [0.1, 0.15) is 0 Å². The predicted octanol–water partition coefficient (Wildman–Crippen LogP) is 3.69. The summed E-state index contributed by atoms with van der Waals surface area (Å²) in [5.41, 5.74) is 1.66. The highest BCUT2D eigenvalue weighted by molar-refractivity contribution is 9.10. The van der Waals surface area contributed by atoms with Gasteiger partial charge in [0.15, 0.2) is 0 Å². The Kier molecular flexibility index (Phi) is 4.64. The van der Waals surface area contributed by atoms with Crippen molar-refractivity contribution in [3.63, 3.8) is 0 Å². The van der Waals surface area contributed by atoms with Crippen LogP contribution in [-0.2, 0) is 14.8 Å². The van der Waals surface area contributed by atoms with Crippen molar-refractivity contribution in [3.8, 4) is 0 Å². The van der Waals surface area contributed by atoms with E-state index in [1.54, 1.807) is 54.3 Å². The van der Waals surface area contributed by atoms with Crippen molar-refractivity contribution in [2.45, 2.75) is 24.7 Å². The largest absolute Gasteiger partial charge is 0.310 e. The van der Waals surface area contributed by atoms with E-state index < -0.39 is 10.0 Å². The number of rotatable bonds is 4. The molecular formula is C17H17BrN2O3S. The molecule has 0 saturated carbocycles. The van der Waals surface area contributed by atoms with Crippen molar-refractivity contribution in [1.29, 1.82) is 0 Å². The summed E-state index contributed by atoms with van der Waals surface area (Å²) in [6, 6.07) is 12.1. The van der Waals surface area contributed by atoms with E-state index in [0.717, 1.165) is 6.42 Å². The molecule has 1 aliphatic rings. The second-order valence-electron chi connectivity index (χ2n) is 5.68. The minimum Gasteiger partial charge on any atom is -0.310 e. The number of nitrogens with zero attached hydrogens (tertiary/aromatic N) is 1. The van der Waals surface area contributed by atoms with Crippen LogP contribution in [0.1, 0.15) is 18.4 Å². The van der Waals surface area contributed by atoms with Gasteiger partial charge in [-0.1, -0.05) is 34.1 Å². The molecule has 1 N–H and O–H groups in total. The van der Waals surface area contributed by atoms with Gasteiger partial charge in [0.05, 0.1) is 16.3 Å². The van der Waals surface area contributed by atoms with Crippen LogP contribution >= 0.6 is 15.9 Å². The molecule has 5 nitrogen and oxygen atoms in total. The normalized spacial score (nSPS) is 14.9. The van der Waals surface area contributed by atoms with E-state index in [-0.39, 0.29) is 10.8 Å². The zero-order chi connectivity index (χ0) is 17.3. The molecule has 0 radical (unpaired) electrons. The first-order valence-corrected chi connectivity index (χ1v) is 9.84. The smallest absolute Gasteiger partial charge is 0.262 e. The molecule has 1 heterocycles. The van der Waals surface area contributed by atoms with Crippen LogP contribution in [0.5, 0.6) is 0 Å². The van der Waals surface area contributed by atoms with E-state index in [2.05, 4.69) is 20.7 Å². The highest BCUT2D eigenvalue weighted by atomic mass is 79.9. The van der Waals surface area contributed by atoms with Crippen molar-refractivity contribution in [1.82, 2.24) is 0 Å². The van der Waals surface area contributed by atoms with E-state index in [1.807, 2.05) is 0 Å². The van der Waals surface area contributed by atoms with Crippen LogP contribution in [0.15, 0.2) is 51.8 Å². The summed E-state index contributed by atoms with van der Waals surface area (Å²) in [4.78, 5) is 13.8. The maximum Gasteiger partial charge on any atom is 0.262 e. The van der Waals surface area contributed by atoms with E-state index in [9.17, 15) is 13.2 Å². The Hall–Kier alpha value is -1.86. The Bertz CT molecular complexity index is 896. The molecule has 1 saturated heterocycles. The molecule has 0 aliphatic carbocycles. The van der Waals surface area contributed by atoms with Gasteiger partial charge in [0, 0.05) is 17.4 Å². The molecule has 0 spiro atoms. The molecule has 3 rings (SSSR count). The fourth-order valence-electron chi connectivity index (χ4n) is 2.76. The highest BCUT2D eigenvalue weighted by Gasteiger charge is 2.26. The SMILES string of the molecule is Cc1ccc(Br)cc1S(=O)(=O)Nc1ccccc1N1CCCC1=O. The van der Waals surface area contributed by atoms with Crippen LogP contribution in [0.4, 0.5) is 11.4 Å². The molecule has 0 aromatic heterocycles. The van der Waals surface area contributed by atoms with Gasteiger partial charge in [-0.2, -0.15) is 0 Å². The second-order valence-corrected chi connectivity index (χ2v) is 8.25. The van der Waals surface area contributed by atoms with E-state index in [0.29, 0.717) is 34.4 Å². The number of benzene rings is 2. The molecule has 0 bridgehead atoms. The summed E-state index contributed by atoms with van der Waals surface area (Å²) in [5, 5.41) is 0. The van der Waals surface area contributed by atoms with Crippen LogP contribution in [0.3, 0.4) is 0 Å². The number of nitrogens with one attached hydrogen (secondary N) is 1. The number of aryl methyl sites for hydroxylation is 1. The third kappa shape index (κ3) is 3.32. The first kappa shape index (κ1) is 17.0. The summed E-state index contributed by atoms with van der Waals surface area (Å²) >= 11 is 3.31. The van der Waals surface area contributed by atoms with Crippen LogP contribution < -0.4 is 9.62 Å². The van der Waals surface area contributed by atoms with Gasteiger partial charge in [-0.3, -0.25) is 9.52 Å². The molecule has 1 fully saturated rings. The first-order chi connectivity index (χ1) is 11.4. The molecule has 7 heteroatoms. The fraction of sp³-hybridized carbons (Fsp3) is 0.235. The van der Waals surface area contributed by atoms with Crippen LogP contribution in [0, 0.1) is 6.92 Å². The number of halogens is 1. The third-order valence-corrected chi connectivity index (χ3v) is 5.95. The number of anilines is 2. The van der Waals surface area contributed by atoms with Gasteiger partial charge < -0.3 is 4.90 Å². The molecule has 2 aromatic rings. The average Bonchev–Trinajstić information content (AvgIpc) is 2.96. The Balaban J connectivity index is 1.99. The lowest BCUT2D eigenvalue weighted by Crippen LogP contribution is -2.25. The number of hydrogen-bond donors (Lipinski definition) is 1. The summed E-state index contributed by atoms with van der Waals surface area (Å²) in [6.07, 6.45) is 1.27.